The van der Waals surface area contributed by atoms with Crippen molar-refractivity contribution in [2.24, 2.45) is 0 Å². The number of thioether (sulfide) groups is 1. The third-order valence-electron chi connectivity index (χ3n) is 2.49. The summed E-state index contributed by atoms with van der Waals surface area (Å²) in [6.45, 7) is 5.42. The molecule has 0 spiro atoms. The van der Waals surface area contributed by atoms with E-state index < -0.39 is 12.0 Å². The molecule has 0 aliphatic heterocycles. The van der Waals surface area contributed by atoms with E-state index in [-0.39, 0.29) is 11.2 Å². The zero-order valence-corrected chi connectivity index (χ0v) is 13.3. The second kappa shape index (κ2) is 8.17. The highest BCUT2D eigenvalue weighted by Crippen LogP contribution is 2.24. The molecule has 0 aromatic heterocycles. The molecule has 0 fully saturated rings. The zero-order valence-electron chi connectivity index (χ0n) is 11.7. The Kier molecular flexibility index (Phi) is 6.88. The molecule has 2 atom stereocenters. The Hall–Kier alpha value is -1.20. The van der Waals surface area contributed by atoms with Crippen molar-refractivity contribution in [2.75, 3.05) is 6.61 Å². The maximum Gasteiger partial charge on any atom is 0.328 e. The van der Waals surface area contributed by atoms with E-state index in [1.807, 2.05) is 12.1 Å². The smallest absolute Gasteiger partial charge is 0.328 e. The average Bonchev–Trinajstić information content (AvgIpc) is 2.41. The summed E-state index contributed by atoms with van der Waals surface area (Å²) in [7, 11) is 0. The highest BCUT2D eigenvalue weighted by atomic mass is 35.5. The lowest BCUT2D eigenvalue weighted by Gasteiger charge is -2.16. The summed E-state index contributed by atoms with van der Waals surface area (Å²) in [4.78, 5) is 24.4. The number of carbonyl (C=O) groups excluding carboxylic acids is 2. The van der Waals surface area contributed by atoms with Crippen molar-refractivity contribution in [3.8, 4) is 0 Å². The van der Waals surface area contributed by atoms with Gasteiger partial charge >= 0.3 is 5.97 Å². The molecule has 1 aromatic carbocycles. The zero-order chi connectivity index (χ0) is 15.1. The van der Waals surface area contributed by atoms with Crippen LogP contribution in [0.5, 0.6) is 0 Å². The Morgan fingerprint density at radius 3 is 2.45 bits per heavy atom. The molecular formula is C14H18ClNO3S. The Balaban J connectivity index is 2.50. The van der Waals surface area contributed by atoms with Crippen LogP contribution in [0.1, 0.15) is 20.8 Å². The van der Waals surface area contributed by atoms with Crippen LogP contribution < -0.4 is 5.32 Å². The number of ether oxygens (including phenoxy) is 1. The molecule has 1 rings (SSSR count). The van der Waals surface area contributed by atoms with E-state index in [0.29, 0.717) is 11.6 Å². The van der Waals surface area contributed by atoms with E-state index in [1.54, 1.807) is 32.9 Å². The maximum atomic E-state index is 12.0. The molecule has 4 nitrogen and oxygen atoms in total. The number of amides is 1. The maximum absolute atomic E-state index is 12.0. The fourth-order valence-electron chi connectivity index (χ4n) is 1.43. The monoisotopic (exact) mass is 315 g/mol. The molecule has 0 saturated heterocycles. The van der Waals surface area contributed by atoms with Crippen LogP contribution in [-0.4, -0.2) is 29.8 Å². The topological polar surface area (TPSA) is 55.4 Å². The average molecular weight is 316 g/mol. The quantitative estimate of drug-likeness (QED) is 0.648. The number of halogens is 1. The van der Waals surface area contributed by atoms with Crippen LogP contribution in [0.15, 0.2) is 29.2 Å². The predicted octanol–water partition coefficient (Wildman–Crippen LogP) is 2.89. The van der Waals surface area contributed by atoms with Crippen molar-refractivity contribution < 1.29 is 14.3 Å². The summed E-state index contributed by atoms with van der Waals surface area (Å²) >= 11 is 7.21. The van der Waals surface area contributed by atoms with E-state index in [4.69, 9.17) is 16.3 Å². The van der Waals surface area contributed by atoms with E-state index in [9.17, 15) is 9.59 Å². The van der Waals surface area contributed by atoms with Gasteiger partial charge in [0.1, 0.15) is 6.04 Å². The molecule has 110 valence electrons. The fourth-order valence-corrected chi connectivity index (χ4v) is 2.43. The number of rotatable bonds is 6. The summed E-state index contributed by atoms with van der Waals surface area (Å²) in [5.74, 6) is -0.630. The van der Waals surface area contributed by atoms with Gasteiger partial charge in [-0.05, 0) is 45.0 Å². The first-order chi connectivity index (χ1) is 9.43. The van der Waals surface area contributed by atoms with Gasteiger partial charge in [-0.3, -0.25) is 4.79 Å². The molecule has 6 heteroatoms. The molecule has 0 radical (unpaired) electrons. The van der Waals surface area contributed by atoms with Crippen LogP contribution in [-0.2, 0) is 14.3 Å². The molecule has 0 heterocycles. The highest BCUT2D eigenvalue weighted by Gasteiger charge is 2.21. The van der Waals surface area contributed by atoms with Gasteiger partial charge in [0.05, 0.1) is 11.9 Å². The molecule has 1 N–H and O–H groups in total. The second-order valence-electron chi connectivity index (χ2n) is 4.20. The summed E-state index contributed by atoms with van der Waals surface area (Å²) in [6.07, 6.45) is 0. The summed E-state index contributed by atoms with van der Waals surface area (Å²) in [5, 5.41) is 2.98. The first-order valence-electron chi connectivity index (χ1n) is 6.33. The standard InChI is InChI=1S/C14H18ClNO3S/c1-4-19-14(18)9(2)16-13(17)10(3)20-12-7-5-11(15)6-8-12/h5-10H,4H2,1-3H3,(H,16,17). The second-order valence-corrected chi connectivity index (χ2v) is 6.05. The molecule has 0 aliphatic carbocycles. The first-order valence-corrected chi connectivity index (χ1v) is 7.59. The number of benzene rings is 1. The van der Waals surface area contributed by atoms with Crippen molar-refractivity contribution in [2.45, 2.75) is 37.0 Å². The van der Waals surface area contributed by atoms with Gasteiger partial charge in [0.2, 0.25) is 5.91 Å². The van der Waals surface area contributed by atoms with Crippen molar-refractivity contribution in [1.29, 1.82) is 0 Å². The van der Waals surface area contributed by atoms with Crippen LogP contribution in [0.2, 0.25) is 5.02 Å². The van der Waals surface area contributed by atoms with Gasteiger partial charge in [0, 0.05) is 9.92 Å². The Morgan fingerprint density at radius 1 is 1.30 bits per heavy atom. The van der Waals surface area contributed by atoms with E-state index >= 15 is 0 Å². The number of esters is 1. The van der Waals surface area contributed by atoms with Crippen molar-refractivity contribution >= 4 is 35.2 Å². The molecule has 2 unspecified atom stereocenters. The fraction of sp³-hybridized carbons (Fsp3) is 0.429. The molecule has 1 aromatic rings. The van der Waals surface area contributed by atoms with Crippen LogP contribution in [0.3, 0.4) is 0 Å². The van der Waals surface area contributed by atoms with Crippen molar-refractivity contribution in [3.05, 3.63) is 29.3 Å². The van der Waals surface area contributed by atoms with Gasteiger partial charge in [0.15, 0.2) is 0 Å². The van der Waals surface area contributed by atoms with Gasteiger partial charge in [-0.25, -0.2) is 4.79 Å². The number of carbonyl (C=O) groups is 2. The largest absolute Gasteiger partial charge is 0.464 e. The van der Waals surface area contributed by atoms with E-state index in [0.717, 1.165) is 4.90 Å². The van der Waals surface area contributed by atoms with Gasteiger partial charge in [-0.15, -0.1) is 11.8 Å². The van der Waals surface area contributed by atoms with Crippen molar-refractivity contribution in [3.63, 3.8) is 0 Å². The summed E-state index contributed by atoms with van der Waals surface area (Å²) in [6, 6.07) is 6.61. The number of hydrogen-bond donors (Lipinski definition) is 1. The minimum Gasteiger partial charge on any atom is -0.464 e. The van der Waals surface area contributed by atoms with Gasteiger partial charge < -0.3 is 10.1 Å². The lowest BCUT2D eigenvalue weighted by molar-refractivity contribution is -0.146. The lowest BCUT2D eigenvalue weighted by atomic mass is 10.3. The summed E-state index contributed by atoms with van der Waals surface area (Å²) in [5.41, 5.74) is 0. The Labute approximate surface area is 128 Å². The van der Waals surface area contributed by atoms with E-state index in [1.165, 1.54) is 11.8 Å². The molecule has 0 saturated carbocycles. The third-order valence-corrected chi connectivity index (χ3v) is 3.86. The Bertz CT molecular complexity index is 464. The Morgan fingerprint density at radius 2 is 1.90 bits per heavy atom. The molecule has 1 amide bonds. The van der Waals surface area contributed by atoms with E-state index in [2.05, 4.69) is 5.32 Å². The molecule has 20 heavy (non-hydrogen) atoms. The molecule has 0 bridgehead atoms. The van der Waals surface area contributed by atoms with Crippen molar-refractivity contribution in [1.82, 2.24) is 5.32 Å². The summed E-state index contributed by atoms with van der Waals surface area (Å²) < 4.78 is 4.84. The van der Waals surface area contributed by atoms with Gasteiger partial charge in [-0.1, -0.05) is 11.6 Å². The van der Waals surface area contributed by atoms with Gasteiger partial charge in [-0.2, -0.15) is 0 Å². The lowest BCUT2D eigenvalue weighted by Crippen LogP contribution is -2.42. The van der Waals surface area contributed by atoms with Crippen LogP contribution in [0, 0.1) is 0 Å². The predicted molar refractivity (Wildman–Crippen MR) is 81.0 cm³/mol. The normalized spacial score (nSPS) is 13.4. The molecule has 0 aliphatic rings. The van der Waals surface area contributed by atoms with Crippen LogP contribution >= 0.6 is 23.4 Å². The van der Waals surface area contributed by atoms with Crippen LogP contribution in [0.4, 0.5) is 0 Å². The molecular weight excluding hydrogens is 298 g/mol. The number of nitrogens with one attached hydrogen (secondary N) is 1. The third kappa shape index (κ3) is 5.43. The number of hydrogen-bond acceptors (Lipinski definition) is 4. The SMILES string of the molecule is CCOC(=O)C(C)NC(=O)C(C)Sc1ccc(Cl)cc1. The first kappa shape index (κ1) is 16.9. The minimum atomic E-state index is -0.643. The van der Waals surface area contributed by atoms with Crippen LogP contribution in [0.25, 0.3) is 0 Å². The highest BCUT2D eigenvalue weighted by molar-refractivity contribution is 8.00. The van der Waals surface area contributed by atoms with Gasteiger partial charge in [0.25, 0.3) is 0 Å². The minimum absolute atomic E-state index is 0.203.